The predicted octanol–water partition coefficient (Wildman–Crippen LogP) is 3.55. The first-order chi connectivity index (χ1) is 8.15. The van der Waals surface area contributed by atoms with Crippen molar-refractivity contribution in [1.29, 1.82) is 0 Å². The summed E-state index contributed by atoms with van der Waals surface area (Å²) in [5, 5.41) is 1.05. The molecular formula is C12H10Cl2N2O. The maximum absolute atomic E-state index is 5.97. The van der Waals surface area contributed by atoms with Gasteiger partial charge in [0.1, 0.15) is 18.2 Å². The summed E-state index contributed by atoms with van der Waals surface area (Å²) in [6, 6.07) is 10.4. The molecule has 0 aliphatic heterocycles. The Bertz CT molecular complexity index is 532. The van der Waals surface area contributed by atoms with E-state index in [2.05, 4.69) is 4.98 Å². The lowest BCUT2D eigenvalue weighted by atomic mass is 10.3. The van der Waals surface area contributed by atoms with Crippen LogP contribution in [-0.4, -0.2) is 4.98 Å². The summed E-state index contributed by atoms with van der Waals surface area (Å²) in [6.07, 6.45) is 0. The second kappa shape index (κ2) is 5.25. The first kappa shape index (κ1) is 12.0. The number of aromatic nitrogens is 1. The summed E-state index contributed by atoms with van der Waals surface area (Å²) < 4.78 is 5.52. The van der Waals surface area contributed by atoms with Gasteiger partial charge >= 0.3 is 0 Å². The van der Waals surface area contributed by atoms with Gasteiger partial charge in [-0.15, -0.1) is 0 Å². The van der Waals surface area contributed by atoms with Crippen LogP contribution in [-0.2, 0) is 6.61 Å². The van der Waals surface area contributed by atoms with Crippen molar-refractivity contribution in [3.8, 4) is 5.75 Å². The second-order valence-electron chi connectivity index (χ2n) is 3.42. The second-order valence-corrected chi connectivity index (χ2v) is 4.26. The molecular weight excluding hydrogens is 259 g/mol. The number of benzene rings is 1. The Hall–Kier alpha value is -1.45. The van der Waals surface area contributed by atoms with E-state index in [0.29, 0.717) is 28.2 Å². The number of pyridine rings is 1. The minimum absolute atomic E-state index is 0.312. The minimum Gasteiger partial charge on any atom is -0.486 e. The van der Waals surface area contributed by atoms with E-state index in [1.165, 1.54) is 0 Å². The number of hydrogen-bond donors (Lipinski definition) is 1. The van der Waals surface area contributed by atoms with Gasteiger partial charge in [0.25, 0.3) is 0 Å². The van der Waals surface area contributed by atoms with Crippen molar-refractivity contribution in [3.05, 3.63) is 52.1 Å². The van der Waals surface area contributed by atoms with Crippen molar-refractivity contribution in [2.75, 3.05) is 5.73 Å². The Morgan fingerprint density at radius 3 is 2.71 bits per heavy atom. The highest BCUT2D eigenvalue weighted by molar-refractivity contribution is 6.35. The van der Waals surface area contributed by atoms with E-state index in [1.54, 1.807) is 24.3 Å². The molecule has 1 aromatic carbocycles. The highest BCUT2D eigenvalue weighted by Crippen LogP contribution is 2.27. The number of halogens is 2. The normalized spacial score (nSPS) is 10.2. The van der Waals surface area contributed by atoms with Gasteiger partial charge in [0.2, 0.25) is 0 Å². The van der Waals surface area contributed by atoms with Crippen LogP contribution in [0.3, 0.4) is 0 Å². The van der Waals surface area contributed by atoms with Gasteiger partial charge in [0.15, 0.2) is 0 Å². The van der Waals surface area contributed by atoms with Gasteiger partial charge in [-0.1, -0.05) is 29.3 Å². The van der Waals surface area contributed by atoms with Crippen molar-refractivity contribution in [2.24, 2.45) is 0 Å². The standard InChI is InChI=1S/C12H10Cl2N2O/c13-8-4-5-11(10(14)6-8)17-7-9-2-1-3-12(15)16-9/h1-6H,7H2,(H2,15,16). The van der Waals surface area contributed by atoms with E-state index in [4.69, 9.17) is 33.7 Å². The Morgan fingerprint density at radius 1 is 1.18 bits per heavy atom. The highest BCUT2D eigenvalue weighted by Gasteiger charge is 2.03. The number of rotatable bonds is 3. The summed E-state index contributed by atoms with van der Waals surface area (Å²) in [6.45, 7) is 0.312. The number of nitrogen functional groups attached to an aromatic ring is 1. The third kappa shape index (κ3) is 3.25. The molecule has 2 rings (SSSR count). The maximum atomic E-state index is 5.97. The fourth-order valence-electron chi connectivity index (χ4n) is 1.32. The molecule has 0 saturated carbocycles. The molecule has 17 heavy (non-hydrogen) atoms. The summed E-state index contributed by atoms with van der Waals surface area (Å²) in [5.74, 6) is 1.04. The average molecular weight is 269 g/mol. The van der Waals surface area contributed by atoms with E-state index >= 15 is 0 Å². The summed E-state index contributed by atoms with van der Waals surface area (Å²) in [5.41, 5.74) is 6.31. The topological polar surface area (TPSA) is 48.1 Å². The molecule has 0 amide bonds. The fraction of sp³-hybridized carbons (Fsp3) is 0.0833. The lowest BCUT2D eigenvalue weighted by molar-refractivity contribution is 0.302. The van der Waals surface area contributed by atoms with Gasteiger partial charge in [-0.25, -0.2) is 4.98 Å². The lowest BCUT2D eigenvalue weighted by Gasteiger charge is -2.08. The molecule has 0 aliphatic carbocycles. The molecule has 1 aromatic heterocycles. The van der Waals surface area contributed by atoms with E-state index in [1.807, 2.05) is 12.1 Å². The molecule has 0 saturated heterocycles. The van der Waals surface area contributed by atoms with Gasteiger partial charge in [0.05, 0.1) is 10.7 Å². The molecule has 0 atom stereocenters. The smallest absolute Gasteiger partial charge is 0.138 e. The summed E-state index contributed by atoms with van der Waals surface area (Å²) in [7, 11) is 0. The zero-order valence-corrected chi connectivity index (χ0v) is 10.4. The molecule has 88 valence electrons. The number of anilines is 1. The highest BCUT2D eigenvalue weighted by atomic mass is 35.5. The molecule has 0 aliphatic rings. The van der Waals surface area contributed by atoms with E-state index in [0.717, 1.165) is 5.69 Å². The monoisotopic (exact) mass is 268 g/mol. The van der Waals surface area contributed by atoms with Crippen molar-refractivity contribution >= 4 is 29.0 Å². The van der Waals surface area contributed by atoms with Crippen LogP contribution in [0.2, 0.25) is 10.0 Å². The van der Waals surface area contributed by atoms with E-state index in [9.17, 15) is 0 Å². The first-order valence-corrected chi connectivity index (χ1v) is 5.70. The van der Waals surface area contributed by atoms with Gasteiger partial charge in [-0.2, -0.15) is 0 Å². The molecule has 2 aromatic rings. The molecule has 5 heteroatoms. The van der Waals surface area contributed by atoms with Crippen LogP contribution in [0.15, 0.2) is 36.4 Å². The quantitative estimate of drug-likeness (QED) is 0.926. The predicted molar refractivity (Wildman–Crippen MR) is 69.4 cm³/mol. The number of nitrogens with two attached hydrogens (primary N) is 1. The maximum Gasteiger partial charge on any atom is 0.138 e. The third-order valence-electron chi connectivity index (χ3n) is 2.10. The number of ether oxygens (including phenoxy) is 1. The largest absolute Gasteiger partial charge is 0.486 e. The van der Waals surface area contributed by atoms with Crippen LogP contribution in [0.5, 0.6) is 5.75 Å². The Balaban J connectivity index is 2.07. The van der Waals surface area contributed by atoms with Gasteiger partial charge in [-0.3, -0.25) is 0 Å². The van der Waals surface area contributed by atoms with Gasteiger partial charge < -0.3 is 10.5 Å². The third-order valence-corrected chi connectivity index (χ3v) is 2.63. The van der Waals surface area contributed by atoms with Crippen molar-refractivity contribution in [1.82, 2.24) is 4.98 Å². The molecule has 0 bridgehead atoms. The Morgan fingerprint density at radius 2 is 2.00 bits per heavy atom. The molecule has 0 unspecified atom stereocenters. The molecule has 1 heterocycles. The SMILES string of the molecule is Nc1cccc(COc2ccc(Cl)cc2Cl)n1. The van der Waals surface area contributed by atoms with Crippen LogP contribution in [0.25, 0.3) is 0 Å². The summed E-state index contributed by atoms with van der Waals surface area (Å²) in [4.78, 5) is 4.12. The number of nitrogens with zero attached hydrogens (tertiary/aromatic N) is 1. The Kier molecular flexibility index (Phi) is 3.71. The van der Waals surface area contributed by atoms with E-state index < -0.39 is 0 Å². The van der Waals surface area contributed by atoms with Crippen molar-refractivity contribution in [3.63, 3.8) is 0 Å². The van der Waals surface area contributed by atoms with E-state index in [-0.39, 0.29) is 0 Å². The summed E-state index contributed by atoms with van der Waals surface area (Å²) >= 11 is 11.8. The van der Waals surface area contributed by atoms with Crippen LogP contribution in [0.4, 0.5) is 5.82 Å². The van der Waals surface area contributed by atoms with Crippen LogP contribution < -0.4 is 10.5 Å². The zero-order valence-electron chi connectivity index (χ0n) is 8.86. The van der Waals surface area contributed by atoms with Gasteiger partial charge in [-0.05, 0) is 30.3 Å². The van der Waals surface area contributed by atoms with Crippen molar-refractivity contribution < 1.29 is 4.74 Å². The number of hydrogen-bond acceptors (Lipinski definition) is 3. The minimum atomic E-state index is 0.312. The lowest BCUT2D eigenvalue weighted by Crippen LogP contribution is -2.00. The molecule has 0 radical (unpaired) electrons. The average Bonchev–Trinajstić information content (AvgIpc) is 2.28. The van der Waals surface area contributed by atoms with Crippen LogP contribution >= 0.6 is 23.2 Å². The van der Waals surface area contributed by atoms with Crippen LogP contribution in [0.1, 0.15) is 5.69 Å². The Labute approximate surface area is 109 Å². The fourth-order valence-corrected chi connectivity index (χ4v) is 1.79. The first-order valence-electron chi connectivity index (χ1n) is 4.94. The zero-order chi connectivity index (χ0) is 12.3. The van der Waals surface area contributed by atoms with Gasteiger partial charge in [0, 0.05) is 5.02 Å². The molecule has 3 nitrogen and oxygen atoms in total. The molecule has 0 spiro atoms. The molecule has 2 N–H and O–H groups in total. The van der Waals surface area contributed by atoms with Crippen LogP contribution in [0, 0.1) is 0 Å². The molecule has 0 fully saturated rings. The van der Waals surface area contributed by atoms with Crippen molar-refractivity contribution in [2.45, 2.75) is 6.61 Å².